The number of hydrogen-bond acceptors (Lipinski definition) is 2. The topological polar surface area (TPSA) is 24.9 Å². The van der Waals surface area contributed by atoms with Gasteiger partial charge in [-0.2, -0.15) is 0 Å². The third-order valence-corrected chi connectivity index (χ3v) is 3.86. The quantitative estimate of drug-likeness (QED) is 0.681. The highest BCUT2D eigenvalue weighted by Gasteiger charge is 2.08. The van der Waals surface area contributed by atoms with Crippen molar-refractivity contribution in [3.63, 3.8) is 0 Å². The van der Waals surface area contributed by atoms with Crippen LogP contribution in [0.2, 0.25) is 0 Å². The van der Waals surface area contributed by atoms with E-state index in [4.69, 9.17) is 0 Å². The molecule has 0 aliphatic rings. The molecule has 3 rings (SSSR count). The van der Waals surface area contributed by atoms with Gasteiger partial charge >= 0.3 is 0 Å². The third-order valence-electron chi connectivity index (χ3n) is 3.25. The molecule has 0 aliphatic heterocycles. The lowest BCUT2D eigenvalue weighted by Crippen LogP contribution is -2.03. The first-order valence-electron chi connectivity index (χ1n) is 6.35. The van der Waals surface area contributed by atoms with Gasteiger partial charge in [-0.3, -0.25) is 4.98 Å². The van der Waals surface area contributed by atoms with Crippen molar-refractivity contribution in [2.75, 3.05) is 5.32 Å². The van der Waals surface area contributed by atoms with Crippen LogP contribution >= 0.6 is 15.9 Å². The fourth-order valence-electron chi connectivity index (χ4n) is 2.19. The molecule has 0 fully saturated rings. The van der Waals surface area contributed by atoms with E-state index >= 15 is 0 Å². The van der Waals surface area contributed by atoms with Crippen molar-refractivity contribution in [3.8, 4) is 0 Å². The lowest BCUT2D eigenvalue weighted by Gasteiger charge is -2.10. The predicted molar refractivity (Wildman–Crippen MR) is 83.1 cm³/mol. The number of aromatic nitrogens is 1. The molecule has 1 N–H and O–H groups in total. The first-order chi connectivity index (χ1) is 10.1. The molecule has 1 aromatic heterocycles. The van der Waals surface area contributed by atoms with Crippen molar-refractivity contribution >= 4 is 32.4 Å². The molecule has 2 nitrogen and oxygen atoms in total. The molecule has 3 aromatic rings. The molecule has 21 heavy (non-hydrogen) atoms. The zero-order chi connectivity index (χ0) is 14.8. The summed E-state index contributed by atoms with van der Waals surface area (Å²) in [4.78, 5) is 4.07. The van der Waals surface area contributed by atoms with E-state index in [0.29, 0.717) is 6.54 Å². The second-order valence-corrected chi connectivity index (χ2v) is 5.47. The van der Waals surface area contributed by atoms with Gasteiger partial charge in [0, 0.05) is 30.4 Å². The normalized spacial score (nSPS) is 10.8. The van der Waals surface area contributed by atoms with Gasteiger partial charge in [0.2, 0.25) is 0 Å². The number of hydrogen-bond donors (Lipinski definition) is 1. The minimum absolute atomic E-state index is 0.113. The molecular weight excluding hydrogens is 338 g/mol. The molecule has 0 saturated heterocycles. The Kier molecular flexibility index (Phi) is 3.84. The monoisotopic (exact) mass is 348 g/mol. The Hall–Kier alpha value is -2.01. The van der Waals surface area contributed by atoms with Gasteiger partial charge in [0.05, 0.1) is 10.2 Å². The molecule has 0 bridgehead atoms. The van der Waals surface area contributed by atoms with Gasteiger partial charge in [-0.15, -0.1) is 0 Å². The van der Waals surface area contributed by atoms with Crippen LogP contribution in [0.25, 0.3) is 10.8 Å². The highest BCUT2D eigenvalue weighted by Crippen LogP contribution is 2.25. The number of nitrogens with one attached hydrogen (secondary N) is 1. The van der Waals surface area contributed by atoms with Gasteiger partial charge in [-0.1, -0.05) is 18.2 Å². The molecule has 2 aromatic carbocycles. The fourth-order valence-corrected chi connectivity index (χ4v) is 2.51. The van der Waals surface area contributed by atoms with Gasteiger partial charge < -0.3 is 5.32 Å². The summed E-state index contributed by atoms with van der Waals surface area (Å²) in [5, 5.41) is 4.99. The zero-order valence-electron chi connectivity index (χ0n) is 10.9. The first kappa shape index (κ1) is 13.9. The van der Waals surface area contributed by atoms with E-state index in [1.807, 2.05) is 24.3 Å². The third kappa shape index (κ3) is 2.88. The SMILES string of the molecule is Fc1cc(NCc2cccc3cnccc23)c(F)cc1Br. The summed E-state index contributed by atoms with van der Waals surface area (Å²) in [6, 6.07) is 10.00. The molecule has 5 heteroatoms. The van der Waals surface area contributed by atoms with Crippen molar-refractivity contribution in [1.29, 1.82) is 0 Å². The molecule has 106 valence electrons. The molecule has 0 radical (unpaired) electrons. The highest BCUT2D eigenvalue weighted by molar-refractivity contribution is 9.10. The second-order valence-electron chi connectivity index (χ2n) is 4.61. The smallest absolute Gasteiger partial charge is 0.147 e. The van der Waals surface area contributed by atoms with Crippen LogP contribution in [-0.4, -0.2) is 4.98 Å². The first-order valence-corrected chi connectivity index (χ1v) is 7.14. The van der Waals surface area contributed by atoms with Crippen LogP contribution in [0.4, 0.5) is 14.5 Å². The van der Waals surface area contributed by atoms with Crippen molar-refractivity contribution in [1.82, 2.24) is 4.98 Å². The van der Waals surface area contributed by atoms with Gasteiger partial charge in [-0.25, -0.2) is 8.78 Å². The average Bonchev–Trinajstić information content (AvgIpc) is 2.49. The summed E-state index contributed by atoms with van der Waals surface area (Å²) in [5.74, 6) is -0.994. The largest absolute Gasteiger partial charge is 0.378 e. The van der Waals surface area contributed by atoms with E-state index < -0.39 is 11.6 Å². The Morgan fingerprint density at radius 3 is 2.81 bits per heavy atom. The Morgan fingerprint density at radius 1 is 1.10 bits per heavy atom. The Balaban J connectivity index is 1.89. The maximum atomic E-state index is 13.8. The molecule has 0 amide bonds. The minimum Gasteiger partial charge on any atom is -0.378 e. The number of fused-ring (bicyclic) bond motifs is 1. The summed E-state index contributed by atoms with van der Waals surface area (Å²) in [6.45, 7) is 0.402. The molecule has 0 aliphatic carbocycles. The number of anilines is 1. The van der Waals surface area contributed by atoms with Crippen LogP contribution in [0.5, 0.6) is 0 Å². The van der Waals surface area contributed by atoms with Crippen LogP contribution in [0, 0.1) is 11.6 Å². The van der Waals surface area contributed by atoms with Crippen molar-refractivity contribution in [3.05, 3.63) is 70.5 Å². The standard InChI is InChI=1S/C16H11BrF2N2/c17-13-6-15(19)16(7-14(13)18)21-9-11-3-1-2-10-8-20-5-4-12(10)11/h1-8,21H,9H2. The number of benzene rings is 2. The second kappa shape index (κ2) is 5.77. The Morgan fingerprint density at radius 2 is 1.95 bits per heavy atom. The van der Waals surface area contributed by atoms with Gasteiger partial charge in [0.25, 0.3) is 0 Å². The van der Waals surface area contributed by atoms with E-state index in [0.717, 1.165) is 28.5 Å². The number of halogens is 3. The molecule has 0 spiro atoms. The summed E-state index contributed by atoms with van der Waals surface area (Å²) in [6.07, 6.45) is 3.49. The summed E-state index contributed by atoms with van der Waals surface area (Å²) in [7, 11) is 0. The zero-order valence-corrected chi connectivity index (χ0v) is 12.5. The molecular formula is C16H11BrF2N2. The van der Waals surface area contributed by atoms with E-state index in [1.165, 1.54) is 0 Å². The summed E-state index contributed by atoms with van der Waals surface area (Å²) in [5.41, 5.74) is 1.14. The van der Waals surface area contributed by atoms with Crippen LogP contribution in [-0.2, 0) is 6.54 Å². The molecule has 0 atom stereocenters. The van der Waals surface area contributed by atoms with Crippen LogP contribution < -0.4 is 5.32 Å². The lowest BCUT2D eigenvalue weighted by molar-refractivity contribution is 0.596. The maximum absolute atomic E-state index is 13.8. The van der Waals surface area contributed by atoms with E-state index in [2.05, 4.69) is 26.2 Å². The van der Waals surface area contributed by atoms with Crippen molar-refractivity contribution in [2.45, 2.75) is 6.54 Å². The highest BCUT2D eigenvalue weighted by atomic mass is 79.9. The van der Waals surface area contributed by atoms with Crippen LogP contribution in [0.3, 0.4) is 0 Å². The Bertz CT molecular complexity index is 800. The lowest BCUT2D eigenvalue weighted by atomic mass is 10.1. The van der Waals surface area contributed by atoms with E-state index in [9.17, 15) is 8.78 Å². The van der Waals surface area contributed by atoms with E-state index in [-0.39, 0.29) is 10.2 Å². The minimum atomic E-state index is -0.499. The summed E-state index contributed by atoms with van der Waals surface area (Å²) >= 11 is 2.96. The van der Waals surface area contributed by atoms with Gasteiger partial charge in [0.15, 0.2) is 0 Å². The summed E-state index contributed by atoms with van der Waals surface area (Å²) < 4.78 is 27.4. The maximum Gasteiger partial charge on any atom is 0.147 e. The van der Waals surface area contributed by atoms with Gasteiger partial charge in [-0.05, 0) is 39.0 Å². The average molecular weight is 349 g/mol. The molecule has 0 unspecified atom stereocenters. The van der Waals surface area contributed by atoms with Crippen molar-refractivity contribution < 1.29 is 8.78 Å². The fraction of sp³-hybridized carbons (Fsp3) is 0.0625. The van der Waals surface area contributed by atoms with Gasteiger partial charge in [0.1, 0.15) is 11.6 Å². The van der Waals surface area contributed by atoms with Crippen LogP contribution in [0.1, 0.15) is 5.56 Å². The molecule has 1 heterocycles. The van der Waals surface area contributed by atoms with Crippen LogP contribution in [0.15, 0.2) is 53.3 Å². The number of rotatable bonds is 3. The molecule has 0 saturated carbocycles. The van der Waals surface area contributed by atoms with E-state index in [1.54, 1.807) is 12.4 Å². The number of nitrogens with zero attached hydrogens (tertiary/aromatic N) is 1. The Labute approximate surface area is 129 Å². The number of pyridine rings is 1. The van der Waals surface area contributed by atoms with Crippen molar-refractivity contribution in [2.24, 2.45) is 0 Å². The predicted octanol–water partition coefficient (Wildman–Crippen LogP) is 4.89.